The molecule has 4 heterocycles. The third-order valence-corrected chi connectivity index (χ3v) is 12.0. The van der Waals surface area contributed by atoms with Crippen LogP contribution < -0.4 is 10.0 Å². The Morgan fingerprint density at radius 3 is 2.60 bits per heavy atom. The zero-order valence-electron chi connectivity index (χ0n) is 23.8. The molecule has 3 N–H and O–H groups in total. The Labute approximate surface area is 262 Å². The maximum atomic E-state index is 13.9. The maximum Gasteiger partial charge on any atom is 0.302 e. The summed E-state index contributed by atoms with van der Waals surface area (Å²) in [7, 11) is -4.14. The van der Waals surface area contributed by atoms with Crippen molar-refractivity contribution in [2.75, 3.05) is 10.0 Å². The molecule has 4 aliphatic rings. The molecule has 14 heteroatoms. The lowest BCUT2D eigenvalue weighted by molar-refractivity contribution is -0.351. The molecule has 4 aromatic rings. The van der Waals surface area contributed by atoms with E-state index in [1.807, 2.05) is 30.3 Å². The number of hydrogen-bond donors (Lipinski definition) is 3. The van der Waals surface area contributed by atoms with Crippen molar-refractivity contribution >= 4 is 39.1 Å². The lowest BCUT2D eigenvalue weighted by Crippen LogP contribution is -2.91. The summed E-state index contributed by atoms with van der Waals surface area (Å²) in [4.78, 5) is 13.3. The van der Waals surface area contributed by atoms with E-state index < -0.39 is 50.9 Å². The zero-order chi connectivity index (χ0) is 31.3. The van der Waals surface area contributed by atoms with Crippen LogP contribution >= 0.6 is 11.6 Å². The van der Waals surface area contributed by atoms with Gasteiger partial charge in [0, 0.05) is 59.5 Å². The molecule has 0 bridgehead atoms. The minimum Gasteiger partial charge on any atom is -0.383 e. The van der Waals surface area contributed by atoms with E-state index in [0.29, 0.717) is 43.0 Å². The van der Waals surface area contributed by atoms with E-state index in [1.54, 1.807) is 10.6 Å². The number of aromatic nitrogens is 2. The number of amides is 1. The highest BCUT2D eigenvalue weighted by Gasteiger charge is 2.84. The van der Waals surface area contributed by atoms with Gasteiger partial charge in [-0.25, -0.2) is 8.78 Å². The van der Waals surface area contributed by atoms with E-state index >= 15 is 0 Å². The van der Waals surface area contributed by atoms with Crippen molar-refractivity contribution in [3.05, 3.63) is 88.3 Å². The molecule has 45 heavy (non-hydrogen) atoms. The van der Waals surface area contributed by atoms with E-state index in [9.17, 15) is 27.1 Å². The van der Waals surface area contributed by atoms with E-state index in [-0.39, 0.29) is 28.5 Å². The molecule has 2 aliphatic carbocycles. The lowest BCUT2D eigenvalue weighted by Gasteiger charge is -2.80. The Bertz CT molecular complexity index is 1980. The molecule has 10 nitrogen and oxygen atoms in total. The van der Waals surface area contributed by atoms with Gasteiger partial charge in [0.15, 0.2) is 17.4 Å². The third kappa shape index (κ3) is 3.93. The van der Waals surface area contributed by atoms with Crippen molar-refractivity contribution in [2.24, 2.45) is 5.41 Å². The van der Waals surface area contributed by atoms with Crippen LogP contribution in [0.2, 0.25) is 5.02 Å². The van der Waals surface area contributed by atoms with Crippen LogP contribution in [0.4, 0.5) is 20.2 Å². The summed E-state index contributed by atoms with van der Waals surface area (Å²) in [5.74, 6) is -2.31. The number of carbonyl (C=O) groups excluding carboxylic acids is 1. The number of nitrogens with one attached hydrogen (secondary N) is 2. The second-order valence-electron chi connectivity index (χ2n) is 12.2. The van der Waals surface area contributed by atoms with E-state index in [1.165, 1.54) is 10.4 Å². The number of nitrogens with zero attached hydrogens (tertiary/aromatic N) is 3. The number of fused-ring (bicyclic) bond motifs is 1. The van der Waals surface area contributed by atoms with Crippen LogP contribution in [-0.4, -0.2) is 45.5 Å². The number of hydrogen-bond acceptors (Lipinski definition) is 6. The average Bonchev–Trinajstić information content (AvgIpc) is 3.60. The Balaban J connectivity index is 1.05. The summed E-state index contributed by atoms with van der Waals surface area (Å²) in [6, 6.07) is 13.3. The van der Waals surface area contributed by atoms with Gasteiger partial charge in [-0.1, -0.05) is 47.1 Å². The summed E-state index contributed by atoms with van der Waals surface area (Å²) in [5.41, 5.74) is 0.0147. The molecule has 234 valence electrons. The Morgan fingerprint density at radius 2 is 1.89 bits per heavy atom. The smallest absolute Gasteiger partial charge is 0.302 e. The summed E-state index contributed by atoms with van der Waals surface area (Å²) < 4.78 is 66.3. The Morgan fingerprint density at radius 1 is 1.09 bits per heavy atom. The topological polar surface area (TPSA) is 130 Å². The van der Waals surface area contributed by atoms with Crippen molar-refractivity contribution in [3.63, 3.8) is 0 Å². The van der Waals surface area contributed by atoms with E-state index in [4.69, 9.17) is 16.1 Å². The molecule has 4 atom stereocenters. The minimum absolute atomic E-state index is 0.0332. The number of aliphatic hydroxyl groups is 1. The van der Waals surface area contributed by atoms with Crippen LogP contribution in [0, 0.1) is 17.0 Å². The Kier molecular flexibility index (Phi) is 6.28. The predicted molar refractivity (Wildman–Crippen MR) is 161 cm³/mol. The molecule has 1 saturated heterocycles. The maximum absolute atomic E-state index is 13.9. The van der Waals surface area contributed by atoms with Crippen molar-refractivity contribution < 1.29 is 31.6 Å². The highest BCUT2D eigenvalue weighted by Crippen LogP contribution is 2.76. The number of rotatable bonds is 7. The molecular weight excluding hydrogens is 628 g/mol. The molecular formula is C31H28ClF2N5O5S. The van der Waals surface area contributed by atoms with Gasteiger partial charge in [-0.05, 0) is 44.2 Å². The van der Waals surface area contributed by atoms with Crippen molar-refractivity contribution in [3.8, 4) is 11.3 Å². The number of carbonyl (C=O) groups is 1. The molecule has 2 aliphatic heterocycles. The van der Waals surface area contributed by atoms with Crippen LogP contribution in [0.5, 0.6) is 0 Å². The lowest BCUT2D eigenvalue weighted by atomic mass is 9.36. The monoisotopic (exact) mass is 655 g/mol. The highest BCUT2D eigenvalue weighted by molar-refractivity contribution is 7.90. The molecule has 2 aromatic heterocycles. The van der Waals surface area contributed by atoms with E-state index in [0.717, 1.165) is 30.5 Å². The van der Waals surface area contributed by atoms with Crippen LogP contribution in [0.3, 0.4) is 0 Å². The van der Waals surface area contributed by atoms with Crippen LogP contribution in [0.15, 0.2) is 59.1 Å². The second-order valence-corrected chi connectivity index (χ2v) is 14.2. The Hall–Kier alpha value is -3.78. The largest absolute Gasteiger partial charge is 0.383 e. The molecule has 8 rings (SSSR count). The summed E-state index contributed by atoms with van der Waals surface area (Å²) in [6.07, 6.45) is 3.40. The van der Waals surface area contributed by atoms with Crippen molar-refractivity contribution in [1.29, 1.82) is 0 Å². The quantitative estimate of drug-likeness (QED) is 0.243. The van der Waals surface area contributed by atoms with Crippen molar-refractivity contribution in [2.45, 2.75) is 62.8 Å². The normalized spacial score (nSPS) is 26.8. The fourth-order valence-electron chi connectivity index (χ4n) is 7.92. The van der Waals surface area contributed by atoms with Gasteiger partial charge in [-0.3, -0.25) is 9.52 Å². The van der Waals surface area contributed by atoms with Gasteiger partial charge in [0.05, 0.1) is 10.7 Å². The summed E-state index contributed by atoms with van der Waals surface area (Å²) in [5, 5.41) is 18.5. The van der Waals surface area contributed by atoms with Gasteiger partial charge < -0.3 is 19.5 Å². The summed E-state index contributed by atoms with van der Waals surface area (Å²) in [6.45, 7) is 0.436. The molecule has 0 radical (unpaired) electrons. The van der Waals surface area contributed by atoms with E-state index in [2.05, 4.69) is 15.2 Å². The molecule has 3 fully saturated rings. The first-order chi connectivity index (χ1) is 21.5. The number of halogens is 3. The average molecular weight is 656 g/mol. The first kappa shape index (κ1) is 28.7. The SMILES string of the molecule is O=C(Nc1ccc(F)c(F)c1)c1c(Cl)c(NS(=O)(=O)N2C3CCC34C2C[C@]4(O)c2cc(-c3ccccc3)on2)c2n1CCCC2. The van der Waals surface area contributed by atoms with Crippen LogP contribution in [0.1, 0.15) is 54.0 Å². The first-order valence-electron chi connectivity index (χ1n) is 14.8. The fraction of sp³-hybridized carbons (Fsp3) is 0.355. The molecule has 1 amide bonds. The summed E-state index contributed by atoms with van der Waals surface area (Å²) >= 11 is 6.72. The first-order valence-corrected chi connectivity index (χ1v) is 16.6. The predicted octanol–water partition coefficient (Wildman–Crippen LogP) is 5.44. The van der Waals surface area contributed by atoms with Gasteiger partial charge in [0.2, 0.25) is 0 Å². The fourth-order valence-corrected chi connectivity index (χ4v) is 10.1. The highest BCUT2D eigenvalue weighted by atomic mass is 35.5. The van der Waals surface area contributed by atoms with Gasteiger partial charge >= 0.3 is 10.2 Å². The van der Waals surface area contributed by atoms with Gasteiger partial charge in [0.1, 0.15) is 17.0 Å². The minimum atomic E-state index is -4.14. The van der Waals surface area contributed by atoms with Gasteiger partial charge in [-0.2, -0.15) is 12.7 Å². The molecule has 1 spiro atoms. The molecule has 3 unspecified atom stereocenters. The van der Waals surface area contributed by atoms with Gasteiger partial charge in [0.25, 0.3) is 5.91 Å². The number of benzene rings is 2. The number of piperidine rings is 2. The second kappa shape index (κ2) is 9.86. The van der Waals surface area contributed by atoms with Crippen molar-refractivity contribution in [1.82, 2.24) is 14.0 Å². The third-order valence-electron chi connectivity index (χ3n) is 10.1. The molecule has 2 saturated carbocycles. The zero-order valence-corrected chi connectivity index (χ0v) is 25.3. The standard InChI is InChI=1S/C31H28ClF2N5O5S/c32-26-27(21-8-4-5-13-38(21)28(26)29(40)35-18-9-10-19(33)20(34)14-18)37-45(42,43)39-24-11-12-30(24)25(39)16-31(30,41)23-15-22(44-36-23)17-6-2-1-3-7-17/h1-3,6-7,9-10,14-15,24-25,37,41H,4-5,8,11-13,16H2,(H,35,40)/t24?,25?,30?,31-/m0/s1. The number of anilines is 2. The van der Waals surface area contributed by atoms with Crippen LogP contribution in [-0.2, 0) is 28.8 Å². The molecule has 2 aromatic carbocycles. The van der Waals surface area contributed by atoms with Gasteiger partial charge in [-0.15, -0.1) is 0 Å². The van der Waals surface area contributed by atoms with Crippen LogP contribution in [0.25, 0.3) is 11.3 Å².